The molecule has 1 aliphatic heterocycles. The summed E-state index contributed by atoms with van der Waals surface area (Å²) in [4.78, 5) is 19.0. The lowest BCUT2D eigenvalue weighted by Crippen LogP contribution is -2.41. The fourth-order valence-electron chi connectivity index (χ4n) is 3.38. The molecule has 0 aliphatic carbocycles. The summed E-state index contributed by atoms with van der Waals surface area (Å²) in [5.41, 5.74) is 2.07. The predicted octanol–water partition coefficient (Wildman–Crippen LogP) is 4.56. The Labute approximate surface area is 156 Å². The SMILES string of the molecule is C[C@H]1CCCCN1C(=O)c1ccc(-c2nc(-c3ccc(F)cc3)no2)cc1. The first-order valence-corrected chi connectivity index (χ1v) is 9.13. The molecule has 0 bridgehead atoms. The van der Waals surface area contributed by atoms with E-state index in [4.69, 9.17) is 4.52 Å². The topological polar surface area (TPSA) is 59.2 Å². The highest BCUT2D eigenvalue weighted by Gasteiger charge is 2.24. The molecule has 2 heterocycles. The van der Waals surface area contributed by atoms with Crippen LogP contribution in [0, 0.1) is 5.82 Å². The molecular formula is C21H20FN3O2. The third-order valence-corrected chi connectivity index (χ3v) is 4.97. The molecule has 138 valence electrons. The van der Waals surface area contributed by atoms with Gasteiger partial charge in [0.05, 0.1) is 0 Å². The first-order valence-electron chi connectivity index (χ1n) is 9.13. The molecule has 5 nitrogen and oxygen atoms in total. The molecule has 1 atom stereocenters. The van der Waals surface area contributed by atoms with Crippen LogP contribution in [0.25, 0.3) is 22.8 Å². The highest BCUT2D eigenvalue weighted by Crippen LogP contribution is 2.24. The van der Waals surface area contributed by atoms with Crippen molar-refractivity contribution in [2.24, 2.45) is 0 Å². The van der Waals surface area contributed by atoms with Crippen LogP contribution in [0.5, 0.6) is 0 Å². The zero-order valence-corrected chi connectivity index (χ0v) is 15.1. The summed E-state index contributed by atoms with van der Waals surface area (Å²) in [5, 5.41) is 3.95. The summed E-state index contributed by atoms with van der Waals surface area (Å²) in [6, 6.07) is 13.4. The van der Waals surface area contributed by atoms with Crippen molar-refractivity contribution in [2.45, 2.75) is 32.2 Å². The van der Waals surface area contributed by atoms with Crippen molar-refractivity contribution in [2.75, 3.05) is 6.54 Å². The van der Waals surface area contributed by atoms with Gasteiger partial charge in [-0.3, -0.25) is 4.79 Å². The fraction of sp³-hybridized carbons (Fsp3) is 0.286. The number of aromatic nitrogens is 2. The van der Waals surface area contributed by atoms with Crippen LogP contribution in [-0.4, -0.2) is 33.5 Å². The number of amides is 1. The molecule has 6 heteroatoms. The van der Waals surface area contributed by atoms with Crippen molar-refractivity contribution in [3.63, 3.8) is 0 Å². The third kappa shape index (κ3) is 3.60. The molecule has 4 rings (SSSR count). The second kappa shape index (κ2) is 7.31. The number of piperidine rings is 1. The average molecular weight is 365 g/mol. The molecule has 0 N–H and O–H groups in total. The van der Waals surface area contributed by atoms with Gasteiger partial charge in [0.25, 0.3) is 11.8 Å². The third-order valence-electron chi connectivity index (χ3n) is 4.97. The standard InChI is InChI=1S/C21H20FN3O2/c1-14-4-2-3-13-25(14)21(26)17-7-5-16(6-8-17)20-23-19(24-27-20)15-9-11-18(22)12-10-15/h5-12,14H,2-4,13H2,1H3/t14-/m0/s1. The van der Waals surface area contributed by atoms with E-state index in [9.17, 15) is 9.18 Å². The number of carbonyl (C=O) groups is 1. The minimum Gasteiger partial charge on any atom is -0.336 e. The van der Waals surface area contributed by atoms with Gasteiger partial charge in [0, 0.05) is 29.3 Å². The van der Waals surface area contributed by atoms with Crippen molar-refractivity contribution in [3.8, 4) is 22.8 Å². The lowest BCUT2D eigenvalue weighted by molar-refractivity contribution is 0.0635. The minimum absolute atomic E-state index is 0.0614. The van der Waals surface area contributed by atoms with Crippen LogP contribution in [0.2, 0.25) is 0 Å². The van der Waals surface area contributed by atoms with Crippen LogP contribution in [0.3, 0.4) is 0 Å². The van der Waals surface area contributed by atoms with E-state index in [2.05, 4.69) is 17.1 Å². The van der Waals surface area contributed by atoms with Gasteiger partial charge in [0.15, 0.2) is 0 Å². The quantitative estimate of drug-likeness (QED) is 0.683. The Morgan fingerprint density at radius 1 is 1.07 bits per heavy atom. The zero-order valence-electron chi connectivity index (χ0n) is 15.1. The summed E-state index contributed by atoms with van der Waals surface area (Å²) in [7, 11) is 0. The van der Waals surface area contributed by atoms with Gasteiger partial charge >= 0.3 is 0 Å². The number of benzene rings is 2. The summed E-state index contributed by atoms with van der Waals surface area (Å²) in [5.74, 6) is 0.504. The molecule has 27 heavy (non-hydrogen) atoms. The largest absolute Gasteiger partial charge is 0.336 e. The second-order valence-corrected chi connectivity index (χ2v) is 6.85. The Balaban J connectivity index is 1.52. The maximum absolute atomic E-state index is 13.0. The molecule has 0 unspecified atom stereocenters. The Bertz CT molecular complexity index is 935. The first kappa shape index (κ1) is 17.4. The van der Waals surface area contributed by atoms with E-state index in [0.29, 0.717) is 22.8 Å². The van der Waals surface area contributed by atoms with Crippen molar-refractivity contribution in [3.05, 3.63) is 59.9 Å². The van der Waals surface area contributed by atoms with Crippen LogP contribution >= 0.6 is 0 Å². The van der Waals surface area contributed by atoms with Crippen LogP contribution < -0.4 is 0 Å². The molecule has 0 saturated carbocycles. The average Bonchev–Trinajstić information content (AvgIpc) is 3.19. The van der Waals surface area contributed by atoms with E-state index in [0.717, 1.165) is 24.9 Å². The Morgan fingerprint density at radius 3 is 2.48 bits per heavy atom. The Hall–Kier alpha value is -3.02. The van der Waals surface area contributed by atoms with Gasteiger partial charge in [-0.15, -0.1) is 0 Å². The van der Waals surface area contributed by atoms with Crippen molar-refractivity contribution in [1.29, 1.82) is 0 Å². The minimum atomic E-state index is -0.314. The molecule has 1 saturated heterocycles. The number of hydrogen-bond donors (Lipinski definition) is 0. The van der Waals surface area contributed by atoms with Gasteiger partial charge in [-0.2, -0.15) is 4.98 Å². The summed E-state index contributed by atoms with van der Waals surface area (Å²) in [6.07, 6.45) is 3.29. The normalized spacial score (nSPS) is 17.1. The molecular weight excluding hydrogens is 345 g/mol. The lowest BCUT2D eigenvalue weighted by atomic mass is 10.0. The first-order chi connectivity index (χ1) is 13.1. The van der Waals surface area contributed by atoms with Gasteiger partial charge in [-0.25, -0.2) is 4.39 Å². The monoisotopic (exact) mass is 365 g/mol. The summed E-state index contributed by atoms with van der Waals surface area (Å²) < 4.78 is 18.4. The van der Waals surface area contributed by atoms with Gasteiger partial charge in [-0.1, -0.05) is 5.16 Å². The highest BCUT2D eigenvalue weighted by molar-refractivity contribution is 5.94. The van der Waals surface area contributed by atoms with E-state index in [1.165, 1.54) is 18.6 Å². The molecule has 1 amide bonds. The molecule has 3 aromatic rings. The van der Waals surface area contributed by atoms with Crippen molar-refractivity contribution >= 4 is 5.91 Å². The van der Waals surface area contributed by atoms with E-state index in [1.54, 1.807) is 24.3 Å². The van der Waals surface area contributed by atoms with Crippen molar-refractivity contribution in [1.82, 2.24) is 15.0 Å². The Morgan fingerprint density at radius 2 is 1.78 bits per heavy atom. The van der Waals surface area contributed by atoms with E-state index < -0.39 is 0 Å². The van der Waals surface area contributed by atoms with E-state index in [1.807, 2.05) is 17.0 Å². The fourth-order valence-corrected chi connectivity index (χ4v) is 3.38. The van der Waals surface area contributed by atoms with Gasteiger partial charge in [0.2, 0.25) is 5.82 Å². The highest BCUT2D eigenvalue weighted by atomic mass is 19.1. The molecule has 2 aromatic carbocycles. The van der Waals surface area contributed by atoms with E-state index in [-0.39, 0.29) is 17.8 Å². The number of halogens is 1. The van der Waals surface area contributed by atoms with Crippen molar-refractivity contribution < 1.29 is 13.7 Å². The number of nitrogens with zero attached hydrogens (tertiary/aromatic N) is 3. The smallest absolute Gasteiger partial charge is 0.258 e. The number of hydrogen-bond acceptors (Lipinski definition) is 4. The molecule has 0 radical (unpaired) electrons. The number of rotatable bonds is 3. The maximum Gasteiger partial charge on any atom is 0.258 e. The summed E-state index contributed by atoms with van der Waals surface area (Å²) in [6.45, 7) is 2.91. The maximum atomic E-state index is 13.0. The second-order valence-electron chi connectivity index (χ2n) is 6.85. The number of carbonyl (C=O) groups excluding carboxylic acids is 1. The van der Waals surface area contributed by atoms with Crippen LogP contribution in [0.4, 0.5) is 4.39 Å². The molecule has 0 spiro atoms. The Kier molecular flexibility index (Phi) is 4.71. The van der Waals surface area contributed by atoms with Gasteiger partial charge in [-0.05, 0) is 74.7 Å². The van der Waals surface area contributed by atoms with Crippen LogP contribution in [0.1, 0.15) is 36.5 Å². The molecule has 1 aromatic heterocycles. The zero-order chi connectivity index (χ0) is 18.8. The molecule has 1 aliphatic rings. The van der Waals surface area contributed by atoms with Crippen LogP contribution in [-0.2, 0) is 0 Å². The number of likely N-dealkylation sites (tertiary alicyclic amines) is 1. The lowest BCUT2D eigenvalue weighted by Gasteiger charge is -2.33. The van der Waals surface area contributed by atoms with Gasteiger partial charge in [0.1, 0.15) is 5.82 Å². The predicted molar refractivity (Wildman–Crippen MR) is 99.5 cm³/mol. The van der Waals surface area contributed by atoms with E-state index >= 15 is 0 Å². The van der Waals surface area contributed by atoms with Crippen LogP contribution in [0.15, 0.2) is 53.1 Å². The van der Waals surface area contributed by atoms with Gasteiger partial charge < -0.3 is 9.42 Å². The summed E-state index contributed by atoms with van der Waals surface area (Å²) >= 11 is 0. The molecule has 1 fully saturated rings.